The summed E-state index contributed by atoms with van der Waals surface area (Å²) in [5.74, 6) is -0.473. The van der Waals surface area contributed by atoms with E-state index in [1.54, 1.807) is 6.07 Å². The van der Waals surface area contributed by atoms with E-state index in [2.05, 4.69) is 0 Å². The van der Waals surface area contributed by atoms with Gasteiger partial charge in [-0.3, -0.25) is 0 Å². The van der Waals surface area contributed by atoms with Crippen LogP contribution < -0.4 is 9.47 Å². The standard InChI is InChI=1S/C17H25NO3/c1-18-9-8-17(7-6-13(19)11-16(17)18)12-4-5-14(20-2)15(10-12)21-3/h4-5,10,13,16,19H,6-9,11H2,1-3H3/t13-,16-,17-/m0/s1/i1D3,2D3,3D3. The van der Waals surface area contributed by atoms with Gasteiger partial charge in [0, 0.05) is 15.6 Å². The number of likely N-dealkylation sites (N-methyl/N-ethyl adjacent to an activating group) is 1. The van der Waals surface area contributed by atoms with E-state index in [0.29, 0.717) is 31.4 Å². The van der Waals surface area contributed by atoms with E-state index in [1.807, 2.05) is 0 Å². The van der Waals surface area contributed by atoms with Crippen molar-refractivity contribution in [2.75, 3.05) is 27.6 Å². The second-order valence-electron chi connectivity index (χ2n) is 5.91. The number of nitrogens with zero attached hydrogens (tertiary/aromatic N) is 1. The van der Waals surface area contributed by atoms with Crippen molar-refractivity contribution >= 4 is 0 Å². The Morgan fingerprint density at radius 3 is 2.95 bits per heavy atom. The molecule has 4 nitrogen and oxygen atoms in total. The summed E-state index contributed by atoms with van der Waals surface area (Å²) >= 11 is 0. The Kier molecular flexibility index (Phi) is 1.92. The molecule has 4 heteroatoms. The van der Waals surface area contributed by atoms with E-state index < -0.39 is 38.6 Å². The Hall–Kier alpha value is -1.26. The predicted octanol–water partition coefficient (Wildman–Crippen LogP) is 2.19. The third-order valence-corrected chi connectivity index (χ3v) is 4.97. The summed E-state index contributed by atoms with van der Waals surface area (Å²) in [5, 5.41) is 10.2. The minimum Gasteiger partial charge on any atom is -0.493 e. The number of fused-ring (bicyclic) bond motifs is 1. The van der Waals surface area contributed by atoms with Gasteiger partial charge in [0.1, 0.15) is 0 Å². The van der Waals surface area contributed by atoms with Crippen molar-refractivity contribution in [3.63, 3.8) is 0 Å². The fourth-order valence-electron chi connectivity index (χ4n) is 3.85. The molecule has 116 valence electrons. The zero-order chi connectivity index (χ0) is 22.5. The highest BCUT2D eigenvalue weighted by Crippen LogP contribution is 2.49. The van der Waals surface area contributed by atoms with Gasteiger partial charge >= 0.3 is 0 Å². The number of methoxy groups -OCH3 is 2. The largest absolute Gasteiger partial charge is 0.493 e. The van der Waals surface area contributed by atoms with Crippen LogP contribution in [0.25, 0.3) is 0 Å². The van der Waals surface area contributed by atoms with Crippen molar-refractivity contribution in [3.8, 4) is 11.5 Å². The van der Waals surface area contributed by atoms with Crippen molar-refractivity contribution in [2.24, 2.45) is 0 Å². The Morgan fingerprint density at radius 1 is 1.29 bits per heavy atom. The van der Waals surface area contributed by atoms with Crippen LogP contribution >= 0.6 is 0 Å². The minimum absolute atomic E-state index is 0.232. The van der Waals surface area contributed by atoms with Crippen molar-refractivity contribution in [3.05, 3.63) is 23.8 Å². The number of aliphatic hydroxyl groups excluding tert-OH is 1. The van der Waals surface area contributed by atoms with Gasteiger partial charge in [0.2, 0.25) is 0 Å². The van der Waals surface area contributed by atoms with Gasteiger partial charge in [0.05, 0.1) is 28.4 Å². The van der Waals surface area contributed by atoms with Gasteiger partial charge in [0.15, 0.2) is 11.5 Å². The molecule has 0 unspecified atom stereocenters. The molecule has 1 aromatic carbocycles. The number of rotatable bonds is 3. The summed E-state index contributed by atoms with van der Waals surface area (Å²) in [7, 11) is -5.62. The van der Waals surface area contributed by atoms with E-state index in [9.17, 15) is 5.11 Å². The first-order valence-corrected chi connectivity index (χ1v) is 7.08. The molecule has 1 saturated carbocycles. The lowest BCUT2D eigenvalue weighted by Crippen LogP contribution is -2.47. The number of hydrogen-bond acceptors (Lipinski definition) is 4. The first-order chi connectivity index (χ1) is 13.6. The Bertz CT molecular complexity index is 777. The maximum atomic E-state index is 10.2. The monoisotopic (exact) mass is 300 g/mol. The van der Waals surface area contributed by atoms with E-state index in [4.69, 9.17) is 21.8 Å². The van der Waals surface area contributed by atoms with Gasteiger partial charge in [0.25, 0.3) is 0 Å². The van der Waals surface area contributed by atoms with Gasteiger partial charge in [-0.15, -0.1) is 0 Å². The second kappa shape index (κ2) is 5.50. The van der Waals surface area contributed by atoms with E-state index in [-0.39, 0.29) is 17.9 Å². The topological polar surface area (TPSA) is 41.9 Å². The van der Waals surface area contributed by atoms with Gasteiger partial charge in [-0.25, -0.2) is 0 Å². The third-order valence-electron chi connectivity index (χ3n) is 4.97. The molecule has 1 saturated heterocycles. The van der Waals surface area contributed by atoms with Crippen LogP contribution in [0.3, 0.4) is 0 Å². The SMILES string of the molecule is [2H]C([2H])([2H])Oc1ccc([C@@]23CC[C@H](O)C[C@@H]2N(C([2H])([2H])[2H])CC3)cc1OC([2H])([2H])[2H]. The fourth-order valence-corrected chi connectivity index (χ4v) is 3.85. The molecule has 3 rings (SSSR count). The van der Waals surface area contributed by atoms with Crippen molar-refractivity contribution < 1.29 is 26.9 Å². The van der Waals surface area contributed by atoms with Crippen LogP contribution in [0.2, 0.25) is 0 Å². The minimum atomic E-state index is -2.83. The lowest BCUT2D eigenvalue weighted by atomic mass is 9.65. The van der Waals surface area contributed by atoms with Crippen molar-refractivity contribution in [1.82, 2.24) is 4.90 Å². The van der Waals surface area contributed by atoms with Crippen LogP contribution in [0, 0.1) is 0 Å². The molecular weight excluding hydrogens is 266 g/mol. The summed E-state index contributed by atoms with van der Waals surface area (Å²) in [4.78, 5) is 1.41. The highest BCUT2D eigenvalue weighted by molar-refractivity contribution is 5.46. The molecule has 2 aliphatic rings. The first-order valence-electron chi connectivity index (χ1n) is 11.6. The Morgan fingerprint density at radius 2 is 2.14 bits per heavy atom. The second-order valence-corrected chi connectivity index (χ2v) is 5.91. The molecule has 0 amide bonds. The highest BCUT2D eigenvalue weighted by Gasteiger charge is 2.50. The average Bonchev–Trinajstić information content (AvgIpc) is 2.94. The fraction of sp³-hybridized carbons (Fsp3) is 0.647. The number of benzene rings is 1. The van der Waals surface area contributed by atoms with Crippen molar-refractivity contribution in [1.29, 1.82) is 0 Å². The molecule has 1 aliphatic carbocycles. The van der Waals surface area contributed by atoms with Crippen LogP contribution in [0.5, 0.6) is 11.5 Å². The predicted molar refractivity (Wildman–Crippen MR) is 82.1 cm³/mol. The molecular formula is C17H25NO3. The molecule has 1 aliphatic heterocycles. The summed E-state index contributed by atoms with van der Waals surface area (Å²) in [5.41, 5.74) is 0.0159. The Labute approximate surface area is 139 Å². The van der Waals surface area contributed by atoms with Crippen LogP contribution in [0.4, 0.5) is 0 Å². The number of ether oxygens (including phenoxy) is 2. The normalized spacial score (nSPS) is 40.9. The zero-order valence-electron chi connectivity index (χ0n) is 20.6. The number of aliphatic hydroxyl groups is 1. The molecule has 2 fully saturated rings. The lowest BCUT2D eigenvalue weighted by Gasteiger charge is -2.43. The molecule has 0 spiro atoms. The van der Waals surface area contributed by atoms with Gasteiger partial charge < -0.3 is 19.5 Å². The van der Waals surface area contributed by atoms with Gasteiger partial charge in [-0.05, 0) is 56.9 Å². The smallest absolute Gasteiger partial charge is 0.161 e. The molecule has 0 radical (unpaired) electrons. The first kappa shape index (κ1) is 7.34. The van der Waals surface area contributed by atoms with Crippen LogP contribution in [0.15, 0.2) is 18.2 Å². The molecule has 3 atom stereocenters. The average molecular weight is 300 g/mol. The van der Waals surface area contributed by atoms with E-state index in [0.717, 1.165) is 0 Å². The molecule has 1 N–H and O–H groups in total. The van der Waals surface area contributed by atoms with Crippen LogP contribution in [-0.2, 0) is 5.41 Å². The van der Waals surface area contributed by atoms with Gasteiger partial charge in [-0.1, -0.05) is 6.07 Å². The quantitative estimate of drug-likeness (QED) is 0.929. The molecule has 21 heavy (non-hydrogen) atoms. The highest BCUT2D eigenvalue weighted by atomic mass is 16.5. The third kappa shape index (κ3) is 2.30. The van der Waals surface area contributed by atoms with E-state index >= 15 is 0 Å². The molecule has 1 heterocycles. The van der Waals surface area contributed by atoms with Crippen LogP contribution in [0.1, 0.15) is 43.6 Å². The number of hydrogen-bond donors (Lipinski definition) is 1. The summed E-state index contributed by atoms with van der Waals surface area (Å²) in [6, 6.07) is 3.93. The maximum absolute atomic E-state index is 10.2. The Balaban J connectivity index is 2.05. The van der Waals surface area contributed by atoms with Crippen molar-refractivity contribution in [2.45, 2.75) is 43.2 Å². The van der Waals surface area contributed by atoms with E-state index in [1.165, 1.54) is 17.0 Å². The van der Waals surface area contributed by atoms with Crippen LogP contribution in [-0.4, -0.2) is 49.7 Å². The summed E-state index contributed by atoms with van der Waals surface area (Å²) in [6.45, 7) is -2.03. The van der Waals surface area contributed by atoms with Gasteiger partial charge in [-0.2, -0.15) is 0 Å². The lowest BCUT2D eigenvalue weighted by molar-refractivity contribution is 0.0566. The molecule has 0 aromatic heterocycles. The molecule has 0 bridgehead atoms. The summed E-state index contributed by atoms with van der Waals surface area (Å²) in [6.07, 6.45) is 1.16. The maximum Gasteiger partial charge on any atom is 0.161 e. The summed E-state index contributed by atoms with van der Waals surface area (Å²) < 4.78 is 77.6. The number of likely N-dealkylation sites (tertiary alicyclic amines) is 1. The zero-order valence-corrected chi connectivity index (χ0v) is 11.6. The molecule has 1 aromatic rings.